The molecule has 0 radical (unpaired) electrons. The quantitative estimate of drug-likeness (QED) is 0.548. The highest BCUT2D eigenvalue weighted by Gasteiger charge is 2.52. The number of allylic oxidation sites excluding steroid dienone is 4. The summed E-state index contributed by atoms with van der Waals surface area (Å²) in [5, 5.41) is 19.8. The molecule has 0 fully saturated rings. The van der Waals surface area contributed by atoms with Crippen LogP contribution in [-0.2, 0) is 5.54 Å². The predicted octanol–water partition coefficient (Wildman–Crippen LogP) is 5.49. The third-order valence-corrected chi connectivity index (χ3v) is 5.54. The summed E-state index contributed by atoms with van der Waals surface area (Å²) in [5.41, 5.74) is 2.53. The van der Waals surface area contributed by atoms with Gasteiger partial charge in [0.1, 0.15) is 17.0 Å². The molecule has 1 aliphatic heterocycles. The smallest absolute Gasteiger partial charge is 0.259 e. The van der Waals surface area contributed by atoms with Crippen molar-refractivity contribution in [3.63, 3.8) is 0 Å². The van der Waals surface area contributed by atoms with Gasteiger partial charge in [-0.25, -0.2) is 0 Å². The molecule has 4 nitrogen and oxygen atoms in total. The Labute approximate surface area is 181 Å². The third kappa shape index (κ3) is 3.22. The molecule has 1 heterocycles. The van der Waals surface area contributed by atoms with Crippen molar-refractivity contribution >= 4 is 5.91 Å². The number of rotatable bonds is 5. The van der Waals surface area contributed by atoms with Crippen LogP contribution in [0.1, 0.15) is 34.0 Å². The van der Waals surface area contributed by atoms with E-state index < -0.39 is 5.54 Å². The second-order valence-electron chi connectivity index (χ2n) is 7.37. The summed E-state index contributed by atoms with van der Waals surface area (Å²) in [5.74, 6) is 0.119. The standard InChI is InChI=1S/C27H23NO3/c1-3-4-5-8-19(2)28-26(31)24-9-6-7-10-25(24)27(28,20-11-15-22(29)16-12-20)21-13-17-23(30)18-14-21/h3-18,29-30H,2H2,1H3/b4-3-,8-5-. The Hall–Kier alpha value is -4.05. The minimum Gasteiger partial charge on any atom is -0.508 e. The molecule has 0 aromatic heterocycles. The lowest BCUT2D eigenvalue weighted by Crippen LogP contribution is -2.44. The molecule has 0 bridgehead atoms. The number of fused-ring (bicyclic) bond motifs is 1. The molecule has 3 aromatic carbocycles. The first-order chi connectivity index (χ1) is 15.0. The maximum Gasteiger partial charge on any atom is 0.259 e. The number of hydrogen-bond donors (Lipinski definition) is 2. The molecule has 0 spiro atoms. The molecule has 1 aliphatic rings. The van der Waals surface area contributed by atoms with Crippen molar-refractivity contribution in [3.05, 3.63) is 132 Å². The summed E-state index contributed by atoms with van der Waals surface area (Å²) < 4.78 is 0. The lowest BCUT2D eigenvalue weighted by Gasteiger charge is -2.40. The zero-order valence-electron chi connectivity index (χ0n) is 17.2. The molecule has 154 valence electrons. The molecule has 0 saturated carbocycles. The highest BCUT2D eigenvalue weighted by molar-refractivity contribution is 6.03. The van der Waals surface area contributed by atoms with Crippen molar-refractivity contribution in [3.8, 4) is 11.5 Å². The van der Waals surface area contributed by atoms with Crippen LogP contribution in [-0.4, -0.2) is 21.0 Å². The van der Waals surface area contributed by atoms with Gasteiger partial charge in [-0.3, -0.25) is 9.69 Å². The molecule has 0 saturated heterocycles. The second kappa shape index (κ2) is 8.00. The zero-order chi connectivity index (χ0) is 22.0. The Balaban J connectivity index is 2.07. The van der Waals surface area contributed by atoms with E-state index >= 15 is 0 Å². The highest BCUT2D eigenvalue weighted by Crippen LogP contribution is 2.51. The van der Waals surface area contributed by atoms with E-state index in [1.807, 2.05) is 73.7 Å². The molecule has 3 aromatic rings. The molecule has 4 heteroatoms. The van der Waals surface area contributed by atoms with E-state index in [9.17, 15) is 15.0 Å². The van der Waals surface area contributed by atoms with Crippen LogP contribution >= 0.6 is 0 Å². The lowest BCUT2D eigenvalue weighted by molar-refractivity contribution is 0.0760. The van der Waals surface area contributed by atoms with Gasteiger partial charge >= 0.3 is 0 Å². The number of aromatic hydroxyl groups is 2. The SMILES string of the molecule is C=C(/C=C\C=C/C)N1C(=O)c2ccccc2C1(c1ccc(O)cc1)c1ccc(O)cc1. The van der Waals surface area contributed by atoms with Crippen LogP contribution in [0.3, 0.4) is 0 Å². The molecule has 0 atom stereocenters. The van der Waals surface area contributed by atoms with Crippen molar-refractivity contribution in [2.45, 2.75) is 12.5 Å². The Bertz CT molecular complexity index is 1140. The summed E-state index contributed by atoms with van der Waals surface area (Å²) in [7, 11) is 0. The highest BCUT2D eigenvalue weighted by atomic mass is 16.3. The van der Waals surface area contributed by atoms with E-state index in [2.05, 4.69) is 6.58 Å². The van der Waals surface area contributed by atoms with Gasteiger partial charge in [0.25, 0.3) is 5.91 Å². The molecule has 1 amide bonds. The largest absolute Gasteiger partial charge is 0.508 e. The second-order valence-corrected chi connectivity index (χ2v) is 7.37. The number of amides is 1. The predicted molar refractivity (Wildman–Crippen MR) is 122 cm³/mol. The van der Waals surface area contributed by atoms with Gasteiger partial charge in [0.15, 0.2) is 0 Å². The summed E-state index contributed by atoms with van der Waals surface area (Å²) in [6.07, 6.45) is 7.43. The summed E-state index contributed by atoms with van der Waals surface area (Å²) in [6, 6.07) is 21.2. The number of phenolic OH excluding ortho intramolecular Hbond substituents is 2. The van der Waals surface area contributed by atoms with Crippen LogP contribution in [0.15, 0.2) is 109 Å². The molecule has 4 rings (SSSR count). The first-order valence-electron chi connectivity index (χ1n) is 10.0. The van der Waals surface area contributed by atoms with E-state index in [1.165, 1.54) is 0 Å². The fourth-order valence-electron chi connectivity index (χ4n) is 4.22. The van der Waals surface area contributed by atoms with Crippen LogP contribution in [0.5, 0.6) is 11.5 Å². The normalized spacial score (nSPS) is 15.0. The van der Waals surface area contributed by atoms with Crippen LogP contribution < -0.4 is 0 Å². The van der Waals surface area contributed by atoms with Gasteiger partial charge in [-0.1, -0.05) is 67.3 Å². The lowest BCUT2D eigenvalue weighted by atomic mass is 9.76. The minimum absolute atomic E-state index is 0.139. The number of carbonyl (C=O) groups is 1. The minimum atomic E-state index is -1.01. The van der Waals surface area contributed by atoms with E-state index in [0.717, 1.165) is 16.7 Å². The van der Waals surface area contributed by atoms with Gasteiger partial charge in [0.2, 0.25) is 0 Å². The van der Waals surface area contributed by atoms with E-state index in [4.69, 9.17) is 0 Å². The van der Waals surface area contributed by atoms with E-state index in [0.29, 0.717) is 11.3 Å². The fourth-order valence-corrected chi connectivity index (χ4v) is 4.22. The van der Waals surface area contributed by atoms with Crippen molar-refractivity contribution in [2.75, 3.05) is 0 Å². The first-order valence-corrected chi connectivity index (χ1v) is 10.0. The van der Waals surface area contributed by atoms with Crippen LogP contribution in [0.4, 0.5) is 0 Å². The van der Waals surface area contributed by atoms with Gasteiger partial charge in [-0.05, 0) is 60.0 Å². The Morgan fingerprint density at radius 1 is 0.871 bits per heavy atom. The Morgan fingerprint density at radius 2 is 1.42 bits per heavy atom. The summed E-state index contributed by atoms with van der Waals surface area (Å²) in [6.45, 7) is 6.13. The summed E-state index contributed by atoms with van der Waals surface area (Å²) >= 11 is 0. The number of hydrogen-bond acceptors (Lipinski definition) is 3. The van der Waals surface area contributed by atoms with Crippen LogP contribution in [0.25, 0.3) is 0 Å². The van der Waals surface area contributed by atoms with Gasteiger partial charge in [-0.15, -0.1) is 0 Å². The number of phenols is 2. The molecule has 31 heavy (non-hydrogen) atoms. The van der Waals surface area contributed by atoms with E-state index in [1.54, 1.807) is 35.2 Å². The van der Waals surface area contributed by atoms with Crippen LogP contribution in [0.2, 0.25) is 0 Å². The fraction of sp³-hybridized carbons (Fsp3) is 0.0741. The topological polar surface area (TPSA) is 60.8 Å². The van der Waals surface area contributed by atoms with Crippen LogP contribution in [0, 0.1) is 0 Å². The average Bonchev–Trinajstić information content (AvgIpc) is 3.05. The number of nitrogens with zero attached hydrogens (tertiary/aromatic N) is 1. The van der Waals surface area contributed by atoms with Gasteiger partial charge in [0.05, 0.1) is 0 Å². The van der Waals surface area contributed by atoms with Crippen molar-refractivity contribution < 1.29 is 15.0 Å². The first kappa shape index (κ1) is 20.2. The zero-order valence-corrected chi connectivity index (χ0v) is 17.2. The number of carbonyl (C=O) groups excluding carboxylic acids is 1. The monoisotopic (exact) mass is 409 g/mol. The van der Waals surface area contributed by atoms with Gasteiger partial charge in [-0.2, -0.15) is 0 Å². The molecular formula is C27H23NO3. The van der Waals surface area contributed by atoms with Gasteiger partial charge < -0.3 is 10.2 Å². The number of benzene rings is 3. The molecular weight excluding hydrogens is 386 g/mol. The molecule has 2 N–H and O–H groups in total. The summed E-state index contributed by atoms with van der Waals surface area (Å²) in [4.78, 5) is 15.4. The maximum absolute atomic E-state index is 13.7. The molecule has 0 unspecified atom stereocenters. The average molecular weight is 409 g/mol. The van der Waals surface area contributed by atoms with Crippen molar-refractivity contribution in [1.29, 1.82) is 0 Å². The van der Waals surface area contributed by atoms with Crippen molar-refractivity contribution in [2.24, 2.45) is 0 Å². The Kier molecular flexibility index (Phi) is 5.22. The van der Waals surface area contributed by atoms with Gasteiger partial charge in [0, 0.05) is 11.3 Å². The van der Waals surface area contributed by atoms with E-state index in [-0.39, 0.29) is 17.4 Å². The third-order valence-electron chi connectivity index (χ3n) is 5.54. The Morgan fingerprint density at radius 3 is 1.97 bits per heavy atom. The van der Waals surface area contributed by atoms with Crippen molar-refractivity contribution in [1.82, 2.24) is 4.90 Å². The maximum atomic E-state index is 13.7. The molecule has 0 aliphatic carbocycles.